The molecule has 1 heterocycles. The Kier molecular flexibility index (Phi) is 5.78. The van der Waals surface area contributed by atoms with Crippen LogP contribution < -0.4 is 0 Å². The van der Waals surface area contributed by atoms with Crippen LogP contribution in [0.5, 0.6) is 0 Å². The Balaban J connectivity index is 0.000000606. The van der Waals surface area contributed by atoms with Crippen molar-refractivity contribution in [3.63, 3.8) is 0 Å². The third-order valence-corrected chi connectivity index (χ3v) is 3.27. The molecule has 2 heteroatoms. The van der Waals surface area contributed by atoms with Crippen LogP contribution in [0.15, 0.2) is 23.8 Å². The van der Waals surface area contributed by atoms with E-state index in [1.165, 1.54) is 38.2 Å². The lowest BCUT2D eigenvalue weighted by Gasteiger charge is -2.37. The lowest BCUT2D eigenvalue weighted by atomic mass is 10.0. The molecular formula is C14H26N2. The molecular weight excluding hydrogens is 196 g/mol. The Bertz CT molecular complexity index is 247. The number of nitrogens with zero attached hydrogens (tertiary/aromatic N) is 2. The van der Waals surface area contributed by atoms with Crippen LogP contribution in [-0.4, -0.2) is 49.1 Å². The molecule has 0 aromatic heterocycles. The molecule has 1 fully saturated rings. The van der Waals surface area contributed by atoms with Gasteiger partial charge in [0, 0.05) is 32.2 Å². The zero-order chi connectivity index (χ0) is 12.0. The topological polar surface area (TPSA) is 6.48 Å². The molecule has 0 spiro atoms. The molecule has 0 aromatic rings. The molecule has 92 valence electrons. The van der Waals surface area contributed by atoms with Gasteiger partial charge in [-0.1, -0.05) is 37.6 Å². The molecule has 0 bridgehead atoms. The highest BCUT2D eigenvalue weighted by Crippen LogP contribution is 2.16. The van der Waals surface area contributed by atoms with Crippen LogP contribution in [0.2, 0.25) is 0 Å². The first-order chi connectivity index (χ1) is 7.75. The zero-order valence-corrected chi connectivity index (χ0v) is 11.2. The molecule has 0 saturated carbocycles. The molecule has 2 rings (SSSR count). The van der Waals surface area contributed by atoms with Gasteiger partial charge < -0.3 is 4.90 Å². The van der Waals surface area contributed by atoms with E-state index in [2.05, 4.69) is 42.0 Å². The van der Waals surface area contributed by atoms with Gasteiger partial charge in [-0.2, -0.15) is 0 Å². The van der Waals surface area contributed by atoms with E-state index < -0.39 is 0 Å². The summed E-state index contributed by atoms with van der Waals surface area (Å²) in [6.07, 6.45) is 8.17. The lowest BCUT2D eigenvalue weighted by molar-refractivity contribution is 0.130. The Hall–Kier alpha value is -0.600. The number of hydrogen-bond donors (Lipinski definition) is 0. The minimum atomic E-state index is 0.660. The molecule has 16 heavy (non-hydrogen) atoms. The molecule has 1 unspecified atom stereocenters. The van der Waals surface area contributed by atoms with Crippen molar-refractivity contribution in [3.05, 3.63) is 23.8 Å². The third kappa shape index (κ3) is 3.76. The van der Waals surface area contributed by atoms with Crippen LogP contribution in [0.3, 0.4) is 0 Å². The van der Waals surface area contributed by atoms with Crippen molar-refractivity contribution in [2.75, 3.05) is 33.2 Å². The standard InChI is InChI=1S/C12H20N2.C2H6/c1-11-3-5-12(6-4-11)14-9-7-13(2)8-10-14;1-2/h3-5,12H,6-10H2,1-2H3;1-2H3. The van der Waals surface area contributed by atoms with E-state index in [9.17, 15) is 0 Å². The smallest absolute Gasteiger partial charge is 0.0317 e. The summed E-state index contributed by atoms with van der Waals surface area (Å²) >= 11 is 0. The van der Waals surface area contributed by atoms with Gasteiger partial charge >= 0.3 is 0 Å². The van der Waals surface area contributed by atoms with E-state index in [0.29, 0.717) is 6.04 Å². The maximum absolute atomic E-state index is 2.60. The normalized spacial score (nSPS) is 27.0. The van der Waals surface area contributed by atoms with Crippen LogP contribution in [0.4, 0.5) is 0 Å². The van der Waals surface area contributed by atoms with Gasteiger partial charge in [-0.05, 0) is 20.4 Å². The number of allylic oxidation sites excluding steroid dienone is 2. The highest BCUT2D eigenvalue weighted by Gasteiger charge is 2.20. The first-order valence-corrected chi connectivity index (χ1v) is 6.53. The quantitative estimate of drug-likeness (QED) is 0.673. The lowest BCUT2D eigenvalue weighted by Crippen LogP contribution is -2.48. The summed E-state index contributed by atoms with van der Waals surface area (Å²) in [5.41, 5.74) is 1.41. The highest BCUT2D eigenvalue weighted by atomic mass is 15.3. The summed E-state index contributed by atoms with van der Waals surface area (Å²) in [7, 11) is 2.21. The number of likely N-dealkylation sites (N-methyl/N-ethyl adjacent to an activating group) is 1. The van der Waals surface area contributed by atoms with Gasteiger partial charge in [0.1, 0.15) is 0 Å². The van der Waals surface area contributed by atoms with Gasteiger partial charge in [-0.3, -0.25) is 4.90 Å². The summed E-state index contributed by atoms with van der Waals surface area (Å²) in [5.74, 6) is 0. The van der Waals surface area contributed by atoms with Crippen LogP contribution >= 0.6 is 0 Å². The van der Waals surface area contributed by atoms with Gasteiger partial charge in [0.05, 0.1) is 0 Å². The first kappa shape index (κ1) is 13.5. The molecule has 0 N–H and O–H groups in total. The van der Waals surface area contributed by atoms with Crippen LogP contribution in [0, 0.1) is 0 Å². The molecule has 1 saturated heterocycles. The van der Waals surface area contributed by atoms with Crippen molar-refractivity contribution >= 4 is 0 Å². The van der Waals surface area contributed by atoms with Gasteiger partial charge in [-0.15, -0.1) is 0 Å². The van der Waals surface area contributed by atoms with Crippen molar-refractivity contribution in [2.24, 2.45) is 0 Å². The molecule has 0 aromatic carbocycles. The molecule has 1 aliphatic carbocycles. The Morgan fingerprint density at radius 1 is 1.12 bits per heavy atom. The summed E-state index contributed by atoms with van der Waals surface area (Å²) in [4.78, 5) is 5.00. The van der Waals surface area contributed by atoms with E-state index in [1.54, 1.807) is 0 Å². The summed E-state index contributed by atoms with van der Waals surface area (Å²) in [5, 5.41) is 0. The maximum Gasteiger partial charge on any atom is 0.0317 e. The Morgan fingerprint density at radius 2 is 1.75 bits per heavy atom. The zero-order valence-electron chi connectivity index (χ0n) is 11.2. The van der Waals surface area contributed by atoms with Gasteiger partial charge in [0.25, 0.3) is 0 Å². The number of hydrogen-bond acceptors (Lipinski definition) is 2. The molecule has 2 aliphatic rings. The van der Waals surface area contributed by atoms with Crippen LogP contribution in [0.1, 0.15) is 27.2 Å². The third-order valence-electron chi connectivity index (χ3n) is 3.27. The van der Waals surface area contributed by atoms with Gasteiger partial charge in [0.2, 0.25) is 0 Å². The van der Waals surface area contributed by atoms with Crippen LogP contribution in [-0.2, 0) is 0 Å². The predicted molar refractivity (Wildman–Crippen MR) is 71.7 cm³/mol. The Morgan fingerprint density at radius 3 is 2.25 bits per heavy atom. The largest absolute Gasteiger partial charge is 0.304 e. The second kappa shape index (κ2) is 6.87. The monoisotopic (exact) mass is 222 g/mol. The molecule has 2 nitrogen and oxygen atoms in total. The number of piperazine rings is 1. The summed E-state index contributed by atoms with van der Waals surface area (Å²) in [6.45, 7) is 11.0. The average molecular weight is 222 g/mol. The van der Waals surface area contributed by atoms with Crippen molar-refractivity contribution in [3.8, 4) is 0 Å². The van der Waals surface area contributed by atoms with E-state index in [0.717, 1.165) is 0 Å². The van der Waals surface area contributed by atoms with E-state index in [4.69, 9.17) is 0 Å². The van der Waals surface area contributed by atoms with Crippen molar-refractivity contribution in [1.29, 1.82) is 0 Å². The van der Waals surface area contributed by atoms with Crippen molar-refractivity contribution in [1.82, 2.24) is 9.80 Å². The number of rotatable bonds is 1. The van der Waals surface area contributed by atoms with Crippen molar-refractivity contribution in [2.45, 2.75) is 33.2 Å². The first-order valence-electron chi connectivity index (χ1n) is 6.53. The van der Waals surface area contributed by atoms with E-state index >= 15 is 0 Å². The fourth-order valence-electron chi connectivity index (χ4n) is 2.14. The maximum atomic E-state index is 2.60. The molecule has 1 atom stereocenters. The average Bonchev–Trinajstić information content (AvgIpc) is 2.34. The fraction of sp³-hybridized carbons (Fsp3) is 0.714. The molecule has 0 radical (unpaired) electrons. The van der Waals surface area contributed by atoms with Crippen molar-refractivity contribution < 1.29 is 0 Å². The molecule has 0 amide bonds. The SMILES string of the molecule is CC.CC1=CCC(N2CCN(C)CC2)C=C1. The molecule has 1 aliphatic heterocycles. The second-order valence-electron chi connectivity index (χ2n) is 4.45. The van der Waals surface area contributed by atoms with Gasteiger partial charge in [0.15, 0.2) is 0 Å². The summed E-state index contributed by atoms with van der Waals surface area (Å²) < 4.78 is 0. The van der Waals surface area contributed by atoms with E-state index in [1.807, 2.05) is 13.8 Å². The predicted octanol–water partition coefficient (Wildman–Crippen LogP) is 2.53. The minimum absolute atomic E-state index is 0.660. The fourth-order valence-corrected chi connectivity index (χ4v) is 2.14. The summed E-state index contributed by atoms with van der Waals surface area (Å²) in [6, 6.07) is 0.660. The van der Waals surface area contributed by atoms with E-state index in [-0.39, 0.29) is 0 Å². The van der Waals surface area contributed by atoms with Crippen LogP contribution in [0.25, 0.3) is 0 Å². The highest BCUT2D eigenvalue weighted by molar-refractivity contribution is 5.23. The minimum Gasteiger partial charge on any atom is -0.304 e. The second-order valence-corrected chi connectivity index (χ2v) is 4.45. The Labute approximate surface area is 101 Å². The van der Waals surface area contributed by atoms with Gasteiger partial charge in [-0.25, -0.2) is 0 Å².